The molecule has 0 unspecified atom stereocenters. The first-order valence-corrected chi connectivity index (χ1v) is 9.35. The quantitative estimate of drug-likeness (QED) is 0.655. The number of carbonyl (C=O) groups excluding carboxylic acids is 2. The van der Waals surface area contributed by atoms with Crippen molar-refractivity contribution in [3.63, 3.8) is 0 Å². The van der Waals surface area contributed by atoms with Gasteiger partial charge in [0.2, 0.25) is 11.8 Å². The van der Waals surface area contributed by atoms with E-state index in [9.17, 15) is 9.59 Å². The molecule has 0 aliphatic carbocycles. The average Bonchev–Trinajstić information content (AvgIpc) is 2.69. The van der Waals surface area contributed by atoms with Crippen molar-refractivity contribution in [3.05, 3.63) is 71.8 Å². The Balaban J connectivity index is 2.19. The van der Waals surface area contributed by atoms with Gasteiger partial charge in [-0.15, -0.1) is 0 Å². The minimum Gasteiger partial charge on any atom is -0.382 e. The summed E-state index contributed by atoms with van der Waals surface area (Å²) in [5, 5.41) is 2.95. The molecular weight excluding hydrogens is 340 g/mol. The van der Waals surface area contributed by atoms with Gasteiger partial charge in [0, 0.05) is 33.2 Å². The summed E-state index contributed by atoms with van der Waals surface area (Å²) in [4.78, 5) is 27.0. The summed E-state index contributed by atoms with van der Waals surface area (Å²) in [6.07, 6.45) is 0.736. The highest BCUT2D eigenvalue weighted by atomic mass is 16.5. The van der Waals surface area contributed by atoms with Gasteiger partial charge in [-0.25, -0.2) is 0 Å². The second-order valence-corrected chi connectivity index (χ2v) is 6.29. The summed E-state index contributed by atoms with van der Waals surface area (Å²) in [7, 11) is 0. The predicted octanol–water partition coefficient (Wildman–Crippen LogP) is 3.32. The molecule has 0 saturated heterocycles. The first kappa shape index (κ1) is 20.6. The van der Waals surface area contributed by atoms with Crippen molar-refractivity contribution >= 4 is 11.8 Å². The maximum Gasteiger partial charge on any atom is 0.247 e. The molecule has 0 fully saturated rings. The largest absolute Gasteiger partial charge is 0.382 e. The summed E-state index contributed by atoms with van der Waals surface area (Å²) >= 11 is 0. The topological polar surface area (TPSA) is 58.6 Å². The van der Waals surface area contributed by atoms with Crippen molar-refractivity contribution in [2.45, 2.75) is 32.9 Å². The van der Waals surface area contributed by atoms with Gasteiger partial charge in [0.25, 0.3) is 0 Å². The molecule has 0 bridgehead atoms. The molecule has 0 aliphatic heterocycles. The van der Waals surface area contributed by atoms with Gasteiger partial charge in [-0.2, -0.15) is 0 Å². The molecule has 1 N–H and O–H groups in total. The lowest BCUT2D eigenvalue weighted by Crippen LogP contribution is -2.43. The zero-order valence-corrected chi connectivity index (χ0v) is 16.1. The number of nitrogens with one attached hydrogen (secondary N) is 1. The van der Waals surface area contributed by atoms with Crippen LogP contribution in [-0.4, -0.2) is 36.5 Å². The van der Waals surface area contributed by atoms with Gasteiger partial charge >= 0.3 is 0 Å². The SMILES string of the molecule is CCOCCCNC(=O)[C@H](c1ccccc1)N(Cc1ccccc1)C(C)=O. The summed E-state index contributed by atoms with van der Waals surface area (Å²) in [5.41, 5.74) is 1.78. The summed E-state index contributed by atoms with van der Waals surface area (Å²) in [5.74, 6) is -0.319. The van der Waals surface area contributed by atoms with Crippen LogP contribution in [0.25, 0.3) is 0 Å². The normalized spacial score (nSPS) is 11.6. The fraction of sp³-hybridized carbons (Fsp3) is 0.364. The van der Waals surface area contributed by atoms with E-state index in [2.05, 4.69) is 5.32 Å². The molecule has 2 aromatic carbocycles. The number of nitrogens with zero attached hydrogens (tertiary/aromatic N) is 1. The van der Waals surface area contributed by atoms with E-state index in [0.29, 0.717) is 26.3 Å². The lowest BCUT2D eigenvalue weighted by Gasteiger charge is -2.30. The fourth-order valence-electron chi connectivity index (χ4n) is 2.90. The van der Waals surface area contributed by atoms with Gasteiger partial charge in [-0.1, -0.05) is 60.7 Å². The molecule has 144 valence electrons. The van der Waals surface area contributed by atoms with E-state index in [4.69, 9.17) is 4.74 Å². The summed E-state index contributed by atoms with van der Waals surface area (Å²) < 4.78 is 5.31. The third-order valence-electron chi connectivity index (χ3n) is 4.24. The highest BCUT2D eigenvalue weighted by molar-refractivity contribution is 5.88. The van der Waals surface area contributed by atoms with E-state index in [-0.39, 0.29) is 11.8 Å². The molecule has 2 rings (SSSR count). The Labute approximate surface area is 161 Å². The van der Waals surface area contributed by atoms with Crippen LogP contribution in [0.5, 0.6) is 0 Å². The van der Waals surface area contributed by atoms with Crippen LogP contribution in [0.2, 0.25) is 0 Å². The van der Waals surface area contributed by atoms with Gasteiger partial charge in [-0.3, -0.25) is 9.59 Å². The minimum atomic E-state index is -0.670. The first-order chi connectivity index (χ1) is 13.1. The molecule has 0 aromatic heterocycles. The Kier molecular flexibility index (Phi) is 8.52. The molecular formula is C22H28N2O3. The van der Waals surface area contributed by atoms with Gasteiger partial charge in [-0.05, 0) is 24.5 Å². The van der Waals surface area contributed by atoms with Crippen LogP contribution in [0.4, 0.5) is 0 Å². The standard InChI is InChI=1S/C22H28N2O3/c1-3-27-16-10-15-23-22(26)21(20-13-8-5-9-14-20)24(18(2)25)17-19-11-6-4-7-12-19/h4-9,11-14,21H,3,10,15-17H2,1-2H3,(H,23,26)/t21-/m0/s1. The lowest BCUT2D eigenvalue weighted by atomic mass is 10.0. The van der Waals surface area contributed by atoms with E-state index in [0.717, 1.165) is 17.5 Å². The van der Waals surface area contributed by atoms with E-state index in [1.165, 1.54) is 6.92 Å². The van der Waals surface area contributed by atoms with E-state index in [1.807, 2.05) is 67.6 Å². The maximum absolute atomic E-state index is 13.0. The van der Waals surface area contributed by atoms with E-state index < -0.39 is 6.04 Å². The zero-order valence-electron chi connectivity index (χ0n) is 16.1. The van der Waals surface area contributed by atoms with Crippen LogP contribution in [0.15, 0.2) is 60.7 Å². The molecule has 2 amide bonds. The van der Waals surface area contributed by atoms with Crippen molar-refractivity contribution in [3.8, 4) is 0 Å². The predicted molar refractivity (Wildman–Crippen MR) is 106 cm³/mol. The summed E-state index contributed by atoms with van der Waals surface area (Å²) in [6.45, 7) is 5.60. The van der Waals surface area contributed by atoms with Crippen LogP contribution in [0.1, 0.15) is 37.4 Å². The molecule has 2 aromatic rings. The van der Waals surface area contributed by atoms with E-state index >= 15 is 0 Å². The Morgan fingerprint density at radius 1 is 1.04 bits per heavy atom. The van der Waals surface area contributed by atoms with Crippen molar-refractivity contribution in [2.75, 3.05) is 19.8 Å². The van der Waals surface area contributed by atoms with E-state index in [1.54, 1.807) is 4.90 Å². The van der Waals surface area contributed by atoms with Gasteiger partial charge in [0.05, 0.1) is 0 Å². The molecule has 0 saturated carbocycles. The maximum atomic E-state index is 13.0. The highest BCUT2D eigenvalue weighted by Crippen LogP contribution is 2.23. The van der Waals surface area contributed by atoms with Crippen LogP contribution in [-0.2, 0) is 20.9 Å². The zero-order chi connectivity index (χ0) is 19.5. The number of rotatable bonds is 10. The molecule has 0 aliphatic rings. The smallest absolute Gasteiger partial charge is 0.247 e. The molecule has 1 atom stereocenters. The average molecular weight is 368 g/mol. The second-order valence-electron chi connectivity index (χ2n) is 6.29. The van der Waals surface area contributed by atoms with Crippen molar-refractivity contribution in [2.24, 2.45) is 0 Å². The molecule has 5 heteroatoms. The number of amides is 2. The van der Waals surface area contributed by atoms with Crippen molar-refractivity contribution in [1.29, 1.82) is 0 Å². The Morgan fingerprint density at radius 3 is 2.26 bits per heavy atom. The Bertz CT molecular complexity index is 704. The Hall–Kier alpha value is -2.66. The van der Waals surface area contributed by atoms with Crippen LogP contribution in [0, 0.1) is 0 Å². The highest BCUT2D eigenvalue weighted by Gasteiger charge is 2.29. The molecule has 0 spiro atoms. The fourth-order valence-corrected chi connectivity index (χ4v) is 2.90. The molecule has 5 nitrogen and oxygen atoms in total. The number of carbonyl (C=O) groups is 2. The Morgan fingerprint density at radius 2 is 1.67 bits per heavy atom. The van der Waals surface area contributed by atoms with Crippen LogP contribution in [0.3, 0.4) is 0 Å². The minimum absolute atomic E-state index is 0.142. The van der Waals surface area contributed by atoms with Gasteiger partial charge < -0.3 is 15.0 Å². The number of ether oxygens (including phenoxy) is 1. The molecule has 0 heterocycles. The first-order valence-electron chi connectivity index (χ1n) is 9.35. The third kappa shape index (κ3) is 6.53. The third-order valence-corrected chi connectivity index (χ3v) is 4.24. The number of hydrogen-bond donors (Lipinski definition) is 1. The van der Waals surface area contributed by atoms with Crippen molar-refractivity contribution < 1.29 is 14.3 Å². The van der Waals surface area contributed by atoms with Crippen LogP contribution >= 0.6 is 0 Å². The second kappa shape index (κ2) is 11.1. The summed E-state index contributed by atoms with van der Waals surface area (Å²) in [6, 6.07) is 18.5. The molecule has 0 radical (unpaired) electrons. The van der Waals surface area contributed by atoms with Crippen molar-refractivity contribution in [1.82, 2.24) is 10.2 Å². The lowest BCUT2D eigenvalue weighted by molar-refractivity contribution is -0.140. The van der Waals surface area contributed by atoms with Gasteiger partial charge in [0.15, 0.2) is 0 Å². The van der Waals surface area contributed by atoms with Gasteiger partial charge in [0.1, 0.15) is 6.04 Å². The van der Waals surface area contributed by atoms with Crippen LogP contribution < -0.4 is 5.32 Å². The number of hydrogen-bond acceptors (Lipinski definition) is 3. The monoisotopic (exact) mass is 368 g/mol. The molecule has 27 heavy (non-hydrogen) atoms. The number of benzene rings is 2.